The van der Waals surface area contributed by atoms with E-state index >= 15 is 0 Å². The lowest BCUT2D eigenvalue weighted by Gasteiger charge is -2.43. The number of alkyl halides is 1. The molecule has 2 nitrogen and oxygen atoms in total. The number of ether oxygens (including phenoxy) is 2. The maximum atomic E-state index is 6.27. The van der Waals surface area contributed by atoms with Crippen molar-refractivity contribution < 1.29 is 9.47 Å². The largest absolute Gasteiger partial charge is 0.490 e. The first kappa shape index (κ1) is 16.0. The van der Waals surface area contributed by atoms with Gasteiger partial charge in [-0.15, -0.1) is 11.6 Å². The van der Waals surface area contributed by atoms with E-state index in [0.29, 0.717) is 5.88 Å². The van der Waals surface area contributed by atoms with Crippen LogP contribution < -0.4 is 4.74 Å². The molecule has 1 aromatic rings. The van der Waals surface area contributed by atoms with E-state index < -0.39 is 0 Å². The van der Waals surface area contributed by atoms with Gasteiger partial charge in [-0.3, -0.25) is 0 Å². The summed E-state index contributed by atoms with van der Waals surface area (Å²) in [6.45, 7) is 0.808. The average Bonchev–Trinajstić information content (AvgIpc) is 2.50. The second kappa shape index (κ2) is 7.12. The smallest absolute Gasteiger partial charge is 0.124 e. The average molecular weight is 392 g/mol. The molecule has 2 heterocycles. The minimum absolute atomic E-state index is 0.0602. The van der Waals surface area contributed by atoms with Gasteiger partial charge >= 0.3 is 0 Å². The van der Waals surface area contributed by atoms with Crippen molar-refractivity contribution in [3.63, 3.8) is 0 Å². The van der Waals surface area contributed by atoms with Crippen LogP contribution in [-0.4, -0.2) is 29.8 Å². The minimum Gasteiger partial charge on any atom is -0.490 e. The minimum atomic E-state index is 0.0602. The topological polar surface area (TPSA) is 18.5 Å². The van der Waals surface area contributed by atoms with Crippen LogP contribution in [0.5, 0.6) is 5.75 Å². The monoisotopic (exact) mass is 390 g/mol. The SMILES string of the molecule is ClCc1cc(Br)ccc1OC1CCOC2(CCSCC2)C1. The Bertz CT molecular complexity index is 486. The molecule has 5 heteroatoms. The molecule has 1 spiro atoms. The first-order valence-electron chi connectivity index (χ1n) is 7.43. The highest BCUT2D eigenvalue weighted by atomic mass is 79.9. The van der Waals surface area contributed by atoms with Crippen molar-refractivity contribution in [1.82, 2.24) is 0 Å². The first-order chi connectivity index (χ1) is 10.2. The van der Waals surface area contributed by atoms with Gasteiger partial charge < -0.3 is 9.47 Å². The fraction of sp³-hybridized carbons (Fsp3) is 0.625. The van der Waals surface area contributed by atoms with Crippen LogP contribution in [0.3, 0.4) is 0 Å². The molecule has 2 aliphatic heterocycles. The Labute approximate surface area is 144 Å². The van der Waals surface area contributed by atoms with Gasteiger partial charge in [-0.2, -0.15) is 11.8 Å². The highest BCUT2D eigenvalue weighted by Gasteiger charge is 2.39. The van der Waals surface area contributed by atoms with Gasteiger partial charge in [0.15, 0.2) is 0 Å². The van der Waals surface area contributed by atoms with Crippen LogP contribution >= 0.6 is 39.3 Å². The highest BCUT2D eigenvalue weighted by Crippen LogP contribution is 2.39. The Morgan fingerprint density at radius 1 is 1.38 bits per heavy atom. The molecule has 0 saturated carbocycles. The Kier molecular flexibility index (Phi) is 5.41. The molecule has 1 atom stereocenters. The number of rotatable bonds is 3. The van der Waals surface area contributed by atoms with Gasteiger partial charge in [-0.25, -0.2) is 0 Å². The zero-order valence-corrected chi connectivity index (χ0v) is 15.1. The molecule has 116 valence electrons. The molecule has 2 saturated heterocycles. The summed E-state index contributed by atoms with van der Waals surface area (Å²) in [5.41, 5.74) is 1.11. The van der Waals surface area contributed by atoms with E-state index in [1.54, 1.807) is 0 Å². The van der Waals surface area contributed by atoms with Crippen molar-refractivity contribution >= 4 is 39.3 Å². The molecule has 1 unspecified atom stereocenters. The van der Waals surface area contributed by atoms with Gasteiger partial charge in [0.05, 0.1) is 18.1 Å². The number of hydrogen-bond acceptors (Lipinski definition) is 3. The molecule has 1 aromatic carbocycles. The van der Waals surface area contributed by atoms with Crippen LogP contribution in [0.1, 0.15) is 31.2 Å². The van der Waals surface area contributed by atoms with Gasteiger partial charge in [0.2, 0.25) is 0 Å². The quantitative estimate of drug-likeness (QED) is 0.675. The van der Waals surface area contributed by atoms with Gasteiger partial charge in [-0.1, -0.05) is 15.9 Å². The fourth-order valence-electron chi connectivity index (χ4n) is 3.12. The molecule has 21 heavy (non-hydrogen) atoms. The zero-order chi connectivity index (χ0) is 14.7. The van der Waals surface area contributed by atoms with E-state index in [-0.39, 0.29) is 11.7 Å². The van der Waals surface area contributed by atoms with Crippen LogP contribution in [-0.2, 0) is 10.6 Å². The van der Waals surface area contributed by atoms with Gasteiger partial charge in [0.1, 0.15) is 11.9 Å². The summed E-state index contributed by atoms with van der Waals surface area (Å²) in [6.07, 6.45) is 4.52. The van der Waals surface area contributed by atoms with Crippen molar-refractivity contribution in [3.8, 4) is 5.75 Å². The molecule has 0 aromatic heterocycles. The summed E-state index contributed by atoms with van der Waals surface area (Å²) in [5, 5.41) is 0. The summed E-state index contributed by atoms with van der Waals surface area (Å²) in [6, 6.07) is 6.06. The first-order valence-corrected chi connectivity index (χ1v) is 9.92. The number of hydrogen-bond donors (Lipinski definition) is 0. The molecule has 0 radical (unpaired) electrons. The van der Waals surface area contributed by atoms with E-state index in [1.165, 1.54) is 11.5 Å². The Morgan fingerprint density at radius 2 is 2.19 bits per heavy atom. The lowest BCUT2D eigenvalue weighted by molar-refractivity contribution is -0.116. The molecule has 2 aliphatic rings. The maximum absolute atomic E-state index is 6.27. The molecule has 0 N–H and O–H groups in total. The molecule has 2 fully saturated rings. The van der Waals surface area contributed by atoms with E-state index in [1.807, 2.05) is 30.0 Å². The molecular weight excluding hydrogens is 372 g/mol. The van der Waals surface area contributed by atoms with Crippen LogP contribution in [0, 0.1) is 0 Å². The zero-order valence-electron chi connectivity index (χ0n) is 11.9. The Morgan fingerprint density at radius 3 is 2.95 bits per heavy atom. The summed E-state index contributed by atoms with van der Waals surface area (Å²) >= 11 is 11.6. The van der Waals surface area contributed by atoms with Gasteiger partial charge in [0.25, 0.3) is 0 Å². The molecule has 0 aliphatic carbocycles. The van der Waals surface area contributed by atoms with Crippen LogP contribution in [0.15, 0.2) is 22.7 Å². The van der Waals surface area contributed by atoms with Crippen LogP contribution in [0.25, 0.3) is 0 Å². The second-order valence-electron chi connectivity index (χ2n) is 5.76. The lowest BCUT2D eigenvalue weighted by atomic mass is 9.86. The predicted octanol–water partition coefficient (Wildman–Crippen LogP) is 5.01. The fourth-order valence-corrected chi connectivity index (χ4v) is 4.98. The molecular formula is C16H20BrClO2S. The second-order valence-corrected chi connectivity index (χ2v) is 8.17. The van der Waals surface area contributed by atoms with Crippen molar-refractivity contribution in [2.45, 2.75) is 43.3 Å². The van der Waals surface area contributed by atoms with Crippen LogP contribution in [0.2, 0.25) is 0 Å². The van der Waals surface area contributed by atoms with E-state index in [4.69, 9.17) is 21.1 Å². The number of halogens is 2. The standard InChI is InChI=1S/C16H20BrClO2S/c17-13-1-2-15(12(9-13)11-18)20-14-3-6-19-16(10-14)4-7-21-8-5-16/h1-2,9,14H,3-8,10-11H2. The normalized spacial score (nSPS) is 25.0. The van der Waals surface area contributed by atoms with E-state index in [9.17, 15) is 0 Å². The number of thioether (sulfide) groups is 1. The van der Waals surface area contributed by atoms with E-state index in [0.717, 1.165) is 48.1 Å². The Hall–Kier alpha value is 0.1000. The van der Waals surface area contributed by atoms with Gasteiger partial charge in [-0.05, 0) is 42.5 Å². The van der Waals surface area contributed by atoms with Crippen molar-refractivity contribution in [3.05, 3.63) is 28.2 Å². The molecule has 0 amide bonds. The van der Waals surface area contributed by atoms with Crippen molar-refractivity contribution in [2.75, 3.05) is 18.1 Å². The summed E-state index contributed by atoms with van der Waals surface area (Å²) in [5.74, 6) is 3.80. The summed E-state index contributed by atoms with van der Waals surface area (Å²) in [7, 11) is 0. The third-order valence-corrected chi connectivity index (χ3v) is 6.08. The third-order valence-electron chi connectivity index (χ3n) is 4.31. The maximum Gasteiger partial charge on any atom is 0.124 e. The highest BCUT2D eigenvalue weighted by molar-refractivity contribution is 9.10. The van der Waals surface area contributed by atoms with Gasteiger partial charge in [0, 0.05) is 22.9 Å². The number of benzene rings is 1. The van der Waals surface area contributed by atoms with Crippen molar-refractivity contribution in [1.29, 1.82) is 0 Å². The molecule has 3 rings (SSSR count). The Balaban J connectivity index is 1.70. The van der Waals surface area contributed by atoms with Crippen molar-refractivity contribution in [2.24, 2.45) is 0 Å². The third kappa shape index (κ3) is 3.90. The lowest BCUT2D eigenvalue weighted by Crippen LogP contribution is -2.46. The summed E-state index contributed by atoms with van der Waals surface area (Å²) in [4.78, 5) is 0. The summed E-state index contributed by atoms with van der Waals surface area (Å²) < 4.78 is 13.4. The van der Waals surface area contributed by atoms with E-state index in [2.05, 4.69) is 15.9 Å². The molecule has 0 bridgehead atoms. The van der Waals surface area contributed by atoms with Crippen LogP contribution in [0.4, 0.5) is 0 Å². The predicted molar refractivity (Wildman–Crippen MR) is 92.6 cm³/mol.